The van der Waals surface area contributed by atoms with Gasteiger partial charge in [-0.1, -0.05) is 18.2 Å². The molecule has 0 radical (unpaired) electrons. The van der Waals surface area contributed by atoms with E-state index in [1.165, 1.54) is 0 Å². The lowest BCUT2D eigenvalue weighted by molar-refractivity contribution is -0.131. The van der Waals surface area contributed by atoms with Crippen LogP contribution in [0.5, 0.6) is 5.75 Å². The third-order valence-electron chi connectivity index (χ3n) is 3.52. The highest BCUT2D eigenvalue weighted by molar-refractivity contribution is 5.78. The predicted octanol–water partition coefficient (Wildman–Crippen LogP) is 1.52. The summed E-state index contributed by atoms with van der Waals surface area (Å²) in [7, 11) is 1.80. The Hall–Kier alpha value is -1.55. The summed E-state index contributed by atoms with van der Waals surface area (Å²) < 4.78 is 5.77. The van der Waals surface area contributed by atoms with Gasteiger partial charge in [0.2, 0.25) is 5.91 Å². The van der Waals surface area contributed by atoms with E-state index in [1.54, 1.807) is 7.05 Å². The third-order valence-corrected chi connectivity index (χ3v) is 3.52. The van der Waals surface area contributed by atoms with Crippen LogP contribution in [-0.4, -0.2) is 44.1 Å². The minimum atomic E-state index is 0.199. The number of amides is 1. The zero-order valence-electron chi connectivity index (χ0n) is 11.5. The van der Waals surface area contributed by atoms with Gasteiger partial charge in [0.25, 0.3) is 0 Å². The lowest BCUT2D eigenvalue weighted by Crippen LogP contribution is -2.43. The molecule has 0 aromatic heterocycles. The van der Waals surface area contributed by atoms with E-state index >= 15 is 0 Å². The van der Waals surface area contributed by atoms with Crippen LogP contribution in [0.4, 0.5) is 0 Å². The van der Waals surface area contributed by atoms with Crippen molar-refractivity contribution in [3.63, 3.8) is 0 Å². The Morgan fingerprint density at radius 3 is 2.63 bits per heavy atom. The predicted molar refractivity (Wildman–Crippen MR) is 75.2 cm³/mol. The summed E-state index contributed by atoms with van der Waals surface area (Å²) in [6, 6.07) is 9.90. The van der Waals surface area contributed by atoms with Gasteiger partial charge in [-0.05, 0) is 37.9 Å². The standard InChI is InChI=1S/C15H22N2O2/c1-16-11-15(18)17-9-7-13(8-10-17)12-19-14-5-3-2-4-6-14/h2-6,13,16H,7-12H2,1H3. The first-order chi connectivity index (χ1) is 9.29. The van der Waals surface area contributed by atoms with Crippen molar-refractivity contribution in [3.8, 4) is 5.75 Å². The number of hydrogen-bond donors (Lipinski definition) is 1. The van der Waals surface area contributed by atoms with Crippen LogP contribution in [0.2, 0.25) is 0 Å². The molecule has 4 heteroatoms. The van der Waals surface area contributed by atoms with Crippen LogP contribution in [0.15, 0.2) is 30.3 Å². The summed E-state index contributed by atoms with van der Waals surface area (Å²) in [6.45, 7) is 2.88. The molecule has 1 amide bonds. The molecule has 0 spiro atoms. The van der Waals surface area contributed by atoms with Crippen molar-refractivity contribution in [3.05, 3.63) is 30.3 Å². The van der Waals surface area contributed by atoms with E-state index in [4.69, 9.17) is 4.74 Å². The monoisotopic (exact) mass is 262 g/mol. The number of nitrogens with one attached hydrogen (secondary N) is 1. The molecule has 104 valence electrons. The Morgan fingerprint density at radius 1 is 1.32 bits per heavy atom. The molecule has 2 rings (SSSR count). The van der Waals surface area contributed by atoms with Crippen LogP contribution >= 0.6 is 0 Å². The Kier molecular flexibility index (Phi) is 5.21. The fourth-order valence-electron chi connectivity index (χ4n) is 2.34. The Balaban J connectivity index is 1.70. The van der Waals surface area contributed by atoms with Crippen LogP contribution in [0, 0.1) is 5.92 Å². The number of ether oxygens (including phenoxy) is 1. The van der Waals surface area contributed by atoms with Gasteiger partial charge in [0.1, 0.15) is 5.75 Å². The van der Waals surface area contributed by atoms with Crippen molar-refractivity contribution in [2.45, 2.75) is 12.8 Å². The first-order valence-corrected chi connectivity index (χ1v) is 6.90. The third kappa shape index (κ3) is 4.24. The van der Waals surface area contributed by atoms with Crippen molar-refractivity contribution >= 4 is 5.91 Å². The first kappa shape index (κ1) is 13.9. The molecule has 0 atom stereocenters. The highest BCUT2D eigenvalue weighted by Gasteiger charge is 2.22. The van der Waals surface area contributed by atoms with Gasteiger partial charge < -0.3 is 15.0 Å². The molecule has 1 heterocycles. The SMILES string of the molecule is CNCC(=O)N1CCC(COc2ccccc2)CC1. The van der Waals surface area contributed by atoms with E-state index in [0.29, 0.717) is 12.5 Å². The molecule has 0 bridgehead atoms. The molecule has 1 saturated heterocycles. The molecule has 4 nitrogen and oxygen atoms in total. The largest absolute Gasteiger partial charge is 0.493 e. The summed E-state index contributed by atoms with van der Waals surface area (Å²) >= 11 is 0. The summed E-state index contributed by atoms with van der Waals surface area (Å²) in [5.74, 6) is 1.68. The number of carbonyl (C=O) groups excluding carboxylic acids is 1. The second kappa shape index (κ2) is 7.14. The topological polar surface area (TPSA) is 41.6 Å². The normalized spacial score (nSPS) is 16.4. The van der Waals surface area contributed by atoms with E-state index in [0.717, 1.165) is 38.3 Å². The van der Waals surface area contributed by atoms with Crippen molar-refractivity contribution < 1.29 is 9.53 Å². The second-order valence-electron chi connectivity index (χ2n) is 4.98. The van der Waals surface area contributed by atoms with Gasteiger partial charge in [0.05, 0.1) is 13.2 Å². The van der Waals surface area contributed by atoms with Gasteiger partial charge in [-0.2, -0.15) is 0 Å². The molecule has 1 aromatic rings. The van der Waals surface area contributed by atoms with Crippen molar-refractivity contribution in [2.75, 3.05) is 33.3 Å². The lowest BCUT2D eigenvalue weighted by atomic mass is 9.98. The average Bonchev–Trinajstić information content (AvgIpc) is 2.47. The lowest BCUT2D eigenvalue weighted by Gasteiger charge is -2.31. The summed E-state index contributed by atoms with van der Waals surface area (Å²) in [5, 5.41) is 2.91. The number of piperidine rings is 1. The van der Waals surface area contributed by atoms with Gasteiger partial charge in [0, 0.05) is 13.1 Å². The molecule has 1 aliphatic heterocycles. The quantitative estimate of drug-likeness (QED) is 0.875. The summed E-state index contributed by atoms with van der Waals surface area (Å²) in [6.07, 6.45) is 2.06. The van der Waals surface area contributed by atoms with Crippen LogP contribution in [0.3, 0.4) is 0 Å². The summed E-state index contributed by atoms with van der Waals surface area (Å²) in [5.41, 5.74) is 0. The van der Waals surface area contributed by atoms with Crippen LogP contribution in [0.25, 0.3) is 0 Å². The molecule has 0 unspecified atom stereocenters. The molecule has 0 saturated carbocycles. The van der Waals surface area contributed by atoms with Gasteiger partial charge in [-0.15, -0.1) is 0 Å². The molecule has 1 aliphatic rings. The number of likely N-dealkylation sites (tertiary alicyclic amines) is 1. The maximum atomic E-state index is 11.7. The number of likely N-dealkylation sites (N-methyl/N-ethyl adjacent to an activating group) is 1. The van der Waals surface area contributed by atoms with E-state index in [-0.39, 0.29) is 5.91 Å². The number of rotatable bonds is 5. The molecule has 1 N–H and O–H groups in total. The zero-order valence-corrected chi connectivity index (χ0v) is 11.5. The highest BCUT2D eigenvalue weighted by atomic mass is 16.5. The van der Waals surface area contributed by atoms with Crippen LogP contribution < -0.4 is 10.1 Å². The molecule has 19 heavy (non-hydrogen) atoms. The number of carbonyl (C=O) groups is 1. The maximum absolute atomic E-state index is 11.7. The fourth-order valence-corrected chi connectivity index (χ4v) is 2.34. The number of nitrogens with zero attached hydrogens (tertiary/aromatic N) is 1. The number of hydrogen-bond acceptors (Lipinski definition) is 3. The van der Waals surface area contributed by atoms with E-state index in [2.05, 4.69) is 5.32 Å². The molecule has 1 aromatic carbocycles. The molecular formula is C15H22N2O2. The van der Waals surface area contributed by atoms with Gasteiger partial charge in [-0.3, -0.25) is 4.79 Å². The minimum Gasteiger partial charge on any atom is -0.493 e. The Morgan fingerprint density at radius 2 is 2.00 bits per heavy atom. The van der Waals surface area contributed by atoms with Crippen molar-refractivity contribution in [1.29, 1.82) is 0 Å². The highest BCUT2D eigenvalue weighted by Crippen LogP contribution is 2.19. The van der Waals surface area contributed by atoms with Crippen molar-refractivity contribution in [2.24, 2.45) is 5.92 Å². The van der Waals surface area contributed by atoms with Crippen LogP contribution in [0.1, 0.15) is 12.8 Å². The summed E-state index contributed by atoms with van der Waals surface area (Å²) in [4.78, 5) is 13.7. The fraction of sp³-hybridized carbons (Fsp3) is 0.533. The number of para-hydroxylation sites is 1. The maximum Gasteiger partial charge on any atom is 0.236 e. The van der Waals surface area contributed by atoms with Gasteiger partial charge in [-0.25, -0.2) is 0 Å². The average molecular weight is 262 g/mol. The molecule has 1 fully saturated rings. The molecule has 0 aliphatic carbocycles. The number of benzene rings is 1. The second-order valence-corrected chi connectivity index (χ2v) is 4.98. The Bertz CT molecular complexity index is 386. The molecular weight excluding hydrogens is 240 g/mol. The van der Waals surface area contributed by atoms with E-state index in [1.807, 2.05) is 35.2 Å². The van der Waals surface area contributed by atoms with Gasteiger partial charge >= 0.3 is 0 Å². The van der Waals surface area contributed by atoms with E-state index in [9.17, 15) is 4.79 Å². The van der Waals surface area contributed by atoms with Gasteiger partial charge in [0.15, 0.2) is 0 Å². The Labute approximate surface area is 114 Å². The zero-order chi connectivity index (χ0) is 13.5. The van der Waals surface area contributed by atoms with Crippen molar-refractivity contribution in [1.82, 2.24) is 10.2 Å². The van der Waals surface area contributed by atoms with Crippen LogP contribution in [-0.2, 0) is 4.79 Å². The smallest absolute Gasteiger partial charge is 0.236 e. The first-order valence-electron chi connectivity index (χ1n) is 6.90. The minimum absolute atomic E-state index is 0.199. The van der Waals surface area contributed by atoms with E-state index < -0.39 is 0 Å².